The zero-order valence-corrected chi connectivity index (χ0v) is 19.4. The average molecular weight is 416 g/mol. The number of benzene rings is 1. The molecule has 1 aromatic rings. The van der Waals surface area contributed by atoms with Crippen LogP contribution in [0.2, 0.25) is 0 Å². The fourth-order valence-electron chi connectivity index (χ4n) is 4.70. The maximum Gasteiger partial charge on any atom is 0.193 e. The largest absolute Gasteiger partial charge is 0.377 e. The minimum atomic E-state index is 0.161. The average Bonchev–Trinajstić information content (AvgIpc) is 3.20. The maximum absolute atomic E-state index is 6.15. The molecular weight excluding hydrogens is 374 g/mol. The summed E-state index contributed by atoms with van der Waals surface area (Å²) in [5, 5.41) is 3.51. The Hall–Kier alpha value is -1.59. The Morgan fingerprint density at radius 3 is 2.77 bits per heavy atom. The number of guanidine groups is 1. The van der Waals surface area contributed by atoms with Crippen LogP contribution in [-0.4, -0.2) is 56.4 Å². The number of aliphatic imine (C=N–C) groups is 1. The van der Waals surface area contributed by atoms with Crippen LogP contribution in [0.5, 0.6) is 0 Å². The Morgan fingerprint density at radius 1 is 1.23 bits per heavy atom. The van der Waals surface area contributed by atoms with E-state index >= 15 is 0 Å². The van der Waals surface area contributed by atoms with Gasteiger partial charge in [-0.05, 0) is 37.2 Å². The fraction of sp³-hybridized carbons (Fsp3) is 0.720. The lowest BCUT2D eigenvalue weighted by molar-refractivity contribution is -0.0824. The van der Waals surface area contributed by atoms with E-state index in [0.29, 0.717) is 18.4 Å². The molecule has 2 saturated heterocycles. The van der Waals surface area contributed by atoms with E-state index in [1.807, 2.05) is 6.07 Å². The van der Waals surface area contributed by atoms with E-state index in [0.717, 1.165) is 58.2 Å². The number of rotatable bonds is 7. The van der Waals surface area contributed by atoms with Crippen molar-refractivity contribution >= 4 is 5.96 Å². The van der Waals surface area contributed by atoms with Gasteiger partial charge in [0.25, 0.3) is 0 Å². The van der Waals surface area contributed by atoms with Crippen LogP contribution in [-0.2, 0) is 16.1 Å². The predicted octanol–water partition coefficient (Wildman–Crippen LogP) is 4.33. The third-order valence-corrected chi connectivity index (χ3v) is 6.16. The van der Waals surface area contributed by atoms with Gasteiger partial charge in [-0.1, -0.05) is 51.1 Å². The molecule has 1 N–H and O–H groups in total. The smallest absolute Gasteiger partial charge is 0.193 e. The Morgan fingerprint density at radius 2 is 2.03 bits per heavy atom. The van der Waals surface area contributed by atoms with E-state index in [1.165, 1.54) is 12.0 Å². The molecule has 5 heteroatoms. The van der Waals surface area contributed by atoms with Gasteiger partial charge < -0.3 is 19.7 Å². The van der Waals surface area contributed by atoms with Crippen LogP contribution in [0.3, 0.4) is 0 Å². The minimum Gasteiger partial charge on any atom is -0.377 e. The van der Waals surface area contributed by atoms with Crippen molar-refractivity contribution in [2.75, 3.05) is 39.4 Å². The van der Waals surface area contributed by atoms with E-state index in [9.17, 15) is 0 Å². The molecule has 1 aromatic carbocycles. The van der Waals surface area contributed by atoms with Crippen molar-refractivity contribution in [3.8, 4) is 0 Å². The number of hydrogen-bond acceptors (Lipinski definition) is 3. The number of hydrogen-bond donors (Lipinski definition) is 1. The van der Waals surface area contributed by atoms with E-state index in [-0.39, 0.29) is 11.5 Å². The second kappa shape index (κ2) is 11.1. The van der Waals surface area contributed by atoms with Gasteiger partial charge in [0.2, 0.25) is 0 Å². The molecule has 30 heavy (non-hydrogen) atoms. The molecule has 0 spiro atoms. The molecule has 0 aliphatic carbocycles. The van der Waals surface area contributed by atoms with Gasteiger partial charge >= 0.3 is 0 Å². The molecule has 168 valence electrons. The van der Waals surface area contributed by atoms with Crippen molar-refractivity contribution in [3.63, 3.8) is 0 Å². The molecule has 0 amide bonds. The Labute approximate surface area is 183 Å². The number of ether oxygens (including phenoxy) is 2. The second-order valence-electron chi connectivity index (χ2n) is 9.86. The van der Waals surface area contributed by atoms with Crippen molar-refractivity contribution in [1.29, 1.82) is 0 Å². The Balaban J connectivity index is 1.51. The molecule has 0 aromatic heterocycles. The van der Waals surface area contributed by atoms with Crippen molar-refractivity contribution < 1.29 is 9.47 Å². The van der Waals surface area contributed by atoms with Crippen LogP contribution < -0.4 is 5.32 Å². The standard InChI is InChI=1S/C25H41N3O2/c1-5-26-24(27-16-22-12-9-15-30-23(22)25(2,3)4)28-14-13-21(17-28)19-29-18-20-10-7-6-8-11-20/h6-8,10-11,21-23H,5,9,12-19H2,1-4H3,(H,26,27). The molecule has 5 nitrogen and oxygen atoms in total. The molecule has 2 heterocycles. The molecular formula is C25H41N3O2. The molecule has 3 rings (SSSR count). The summed E-state index contributed by atoms with van der Waals surface area (Å²) in [4.78, 5) is 7.47. The van der Waals surface area contributed by atoms with Crippen molar-refractivity contribution in [3.05, 3.63) is 35.9 Å². The summed E-state index contributed by atoms with van der Waals surface area (Å²) in [6, 6.07) is 10.4. The van der Waals surface area contributed by atoms with Crippen LogP contribution in [0.4, 0.5) is 0 Å². The molecule has 3 unspecified atom stereocenters. The van der Waals surface area contributed by atoms with Crippen molar-refractivity contribution in [2.24, 2.45) is 22.2 Å². The van der Waals surface area contributed by atoms with Gasteiger partial charge in [0, 0.05) is 44.6 Å². The molecule has 0 radical (unpaired) electrons. The summed E-state index contributed by atoms with van der Waals surface area (Å²) in [6.07, 6.45) is 3.81. The normalized spacial score (nSPS) is 25.5. The molecule has 0 bridgehead atoms. The summed E-state index contributed by atoms with van der Waals surface area (Å²) in [6.45, 7) is 15.2. The van der Waals surface area contributed by atoms with E-state index < -0.39 is 0 Å². The monoisotopic (exact) mass is 415 g/mol. The number of nitrogens with one attached hydrogen (secondary N) is 1. The lowest BCUT2D eigenvalue weighted by atomic mass is 9.78. The molecule has 2 fully saturated rings. The first kappa shape index (κ1) is 23.1. The first-order chi connectivity index (χ1) is 14.5. The Bertz CT molecular complexity index is 656. The van der Waals surface area contributed by atoms with E-state index in [4.69, 9.17) is 14.5 Å². The highest BCUT2D eigenvalue weighted by atomic mass is 16.5. The SMILES string of the molecule is CCNC(=NCC1CCCOC1C(C)(C)C)N1CCC(COCc2ccccc2)C1. The highest BCUT2D eigenvalue weighted by Gasteiger charge is 2.35. The van der Waals surface area contributed by atoms with E-state index in [2.05, 4.69) is 62.2 Å². The quantitative estimate of drug-likeness (QED) is 0.532. The van der Waals surface area contributed by atoms with Crippen molar-refractivity contribution in [1.82, 2.24) is 10.2 Å². The molecule has 2 aliphatic heterocycles. The van der Waals surface area contributed by atoms with Gasteiger partial charge in [-0.3, -0.25) is 4.99 Å². The Kier molecular flexibility index (Phi) is 8.58. The predicted molar refractivity (Wildman–Crippen MR) is 124 cm³/mol. The topological polar surface area (TPSA) is 46.1 Å². The van der Waals surface area contributed by atoms with Crippen LogP contribution in [0.15, 0.2) is 35.3 Å². The summed E-state index contributed by atoms with van der Waals surface area (Å²) < 4.78 is 12.1. The van der Waals surface area contributed by atoms with Gasteiger partial charge in [0.1, 0.15) is 0 Å². The van der Waals surface area contributed by atoms with Gasteiger partial charge in [0.15, 0.2) is 5.96 Å². The second-order valence-corrected chi connectivity index (χ2v) is 9.86. The van der Waals surface area contributed by atoms with Gasteiger partial charge in [-0.2, -0.15) is 0 Å². The molecule has 0 saturated carbocycles. The zero-order chi connectivity index (χ0) is 21.4. The summed E-state index contributed by atoms with van der Waals surface area (Å²) in [5.41, 5.74) is 1.40. The highest BCUT2D eigenvalue weighted by molar-refractivity contribution is 5.80. The van der Waals surface area contributed by atoms with Crippen LogP contribution >= 0.6 is 0 Å². The minimum absolute atomic E-state index is 0.161. The highest BCUT2D eigenvalue weighted by Crippen LogP contribution is 2.34. The lowest BCUT2D eigenvalue weighted by Gasteiger charge is -2.39. The number of likely N-dealkylation sites (tertiary alicyclic amines) is 1. The molecule has 3 atom stereocenters. The number of nitrogens with zero attached hydrogens (tertiary/aromatic N) is 2. The van der Waals surface area contributed by atoms with Crippen LogP contribution in [0.1, 0.15) is 52.5 Å². The van der Waals surface area contributed by atoms with Crippen LogP contribution in [0, 0.1) is 17.3 Å². The summed E-state index contributed by atoms with van der Waals surface area (Å²) in [7, 11) is 0. The third-order valence-electron chi connectivity index (χ3n) is 6.16. The van der Waals surface area contributed by atoms with E-state index in [1.54, 1.807) is 0 Å². The summed E-state index contributed by atoms with van der Waals surface area (Å²) >= 11 is 0. The van der Waals surface area contributed by atoms with Gasteiger partial charge in [-0.15, -0.1) is 0 Å². The first-order valence-electron chi connectivity index (χ1n) is 11.7. The van der Waals surface area contributed by atoms with Gasteiger partial charge in [-0.25, -0.2) is 0 Å². The maximum atomic E-state index is 6.15. The van der Waals surface area contributed by atoms with Crippen molar-refractivity contribution in [2.45, 2.75) is 59.7 Å². The first-order valence-corrected chi connectivity index (χ1v) is 11.7. The molecule has 2 aliphatic rings. The lowest BCUT2D eigenvalue weighted by Crippen LogP contribution is -2.43. The van der Waals surface area contributed by atoms with Gasteiger partial charge in [0.05, 0.1) is 19.3 Å². The third kappa shape index (κ3) is 6.71. The fourth-order valence-corrected chi connectivity index (χ4v) is 4.70. The zero-order valence-electron chi connectivity index (χ0n) is 19.4. The van der Waals surface area contributed by atoms with Crippen LogP contribution in [0.25, 0.3) is 0 Å². The summed E-state index contributed by atoms with van der Waals surface area (Å²) in [5.74, 6) is 2.12.